The summed E-state index contributed by atoms with van der Waals surface area (Å²) >= 11 is 0. The van der Waals surface area contributed by atoms with E-state index in [1.54, 1.807) is 0 Å². The van der Waals surface area contributed by atoms with Crippen LogP contribution < -0.4 is 5.32 Å². The fourth-order valence-electron chi connectivity index (χ4n) is 4.02. The summed E-state index contributed by atoms with van der Waals surface area (Å²) in [4.78, 5) is 4.80. The molecule has 0 aliphatic heterocycles. The first-order chi connectivity index (χ1) is 9.75. The van der Waals surface area contributed by atoms with E-state index >= 15 is 0 Å². The minimum atomic E-state index is 0.534. The molecule has 20 heavy (non-hydrogen) atoms. The second-order valence-corrected chi connectivity index (χ2v) is 6.72. The molecule has 2 aliphatic carbocycles. The first-order valence-electron chi connectivity index (χ1n) is 8.55. The molecule has 0 spiro atoms. The van der Waals surface area contributed by atoms with Crippen LogP contribution in [0.3, 0.4) is 0 Å². The monoisotopic (exact) mass is 275 g/mol. The van der Waals surface area contributed by atoms with Crippen LogP contribution in [0.25, 0.3) is 0 Å². The van der Waals surface area contributed by atoms with E-state index in [0.29, 0.717) is 6.04 Å². The summed E-state index contributed by atoms with van der Waals surface area (Å²) in [6.07, 6.45) is 12.1. The van der Waals surface area contributed by atoms with E-state index in [1.807, 2.05) is 0 Å². The molecular formula is C17H29N3. The van der Waals surface area contributed by atoms with Gasteiger partial charge in [0.2, 0.25) is 0 Å². The van der Waals surface area contributed by atoms with Gasteiger partial charge in [-0.3, -0.25) is 0 Å². The van der Waals surface area contributed by atoms with Crippen molar-refractivity contribution in [2.24, 2.45) is 0 Å². The first-order valence-corrected chi connectivity index (χ1v) is 8.55. The Labute approximate surface area is 123 Å². The van der Waals surface area contributed by atoms with Gasteiger partial charge in [0.1, 0.15) is 5.82 Å². The normalized spacial score (nSPS) is 21.7. The molecule has 1 aromatic rings. The van der Waals surface area contributed by atoms with E-state index in [0.717, 1.165) is 12.6 Å². The van der Waals surface area contributed by atoms with Gasteiger partial charge in [-0.15, -0.1) is 0 Å². The van der Waals surface area contributed by atoms with E-state index in [2.05, 4.69) is 23.7 Å². The third-order valence-corrected chi connectivity index (χ3v) is 5.09. The molecule has 0 amide bonds. The van der Waals surface area contributed by atoms with Crippen LogP contribution in [0.15, 0.2) is 0 Å². The summed E-state index contributed by atoms with van der Waals surface area (Å²) in [7, 11) is 0. The Bertz CT molecular complexity index is 443. The molecule has 0 saturated heterocycles. The quantitative estimate of drug-likeness (QED) is 0.910. The number of aryl methyl sites for hydroxylation is 2. The zero-order valence-electron chi connectivity index (χ0n) is 13.1. The number of rotatable bonds is 4. The molecule has 1 unspecified atom stereocenters. The molecule has 0 bridgehead atoms. The summed E-state index contributed by atoms with van der Waals surface area (Å²) in [6, 6.07) is 1.29. The lowest BCUT2D eigenvalue weighted by molar-refractivity contribution is 0.347. The van der Waals surface area contributed by atoms with Gasteiger partial charge < -0.3 is 9.88 Å². The summed E-state index contributed by atoms with van der Waals surface area (Å²) in [6.45, 7) is 5.61. The maximum atomic E-state index is 4.80. The Hall–Kier alpha value is -0.830. The molecule has 2 aliphatic rings. The van der Waals surface area contributed by atoms with Crippen LogP contribution in [0.2, 0.25) is 0 Å². The van der Waals surface area contributed by atoms with Crippen molar-refractivity contribution < 1.29 is 0 Å². The lowest BCUT2D eigenvalue weighted by Gasteiger charge is -2.26. The highest BCUT2D eigenvalue weighted by atomic mass is 15.1. The summed E-state index contributed by atoms with van der Waals surface area (Å²) in [5.41, 5.74) is 2.89. The van der Waals surface area contributed by atoms with Crippen molar-refractivity contribution in [1.29, 1.82) is 0 Å². The van der Waals surface area contributed by atoms with Crippen molar-refractivity contribution in [1.82, 2.24) is 14.9 Å². The van der Waals surface area contributed by atoms with Crippen LogP contribution in [0.5, 0.6) is 0 Å². The van der Waals surface area contributed by atoms with Crippen LogP contribution >= 0.6 is 0 Å². The number of imidazole rings is 1. The zero-order valence-corrected chi connectivity index (χ0v) is 13.1. The lowest BCUT2D eigenvalue weighted by atomic mass is 9.95. The first kappa shape index (κ1) is 14.1. The van der Waals surface area contributed by atoms with Gasteiger partial charge in [-0.1, -0.05) is 19.3 Å². The largest absolute Gasteiger partial charge is 0.328 e. The number of fused-ring (bicyclic) bond motifs is 1. The molecule has 1 heterocycles. The molecule has 0 radical (unpaired) electrons. The number of hydrogen-bond donors (Lipinski definition) is 1. The van der Waals surface area contributed by atoms with Gasteiger partial charge in [-0.05, 0) is 52.4 Å². The standard InChI is InChI=1S/C17H29N3/c1-13(12-18-15-8-4-3-5-9-15)20-14(2)19-16-10-6-7-11-17(16)20/h13,15,18H,3-12H2,1-2H3. The molecule has 1 saturated carbocycles. The maximum absolute atomic E-state index is 4.80. The van der Waals surface area contributed by atoms with E-state index in [1.165, 1.54) is 75.0 Å². The Morgan fingerprint density at radius 2 is 1.90 bits per heavy atom. The van der Waals surface area contributed by atoms with Crippen molar-refractivity contribution in [3.05, 3.63) is 17.2 Å². The lowest BCUT2D eigenvalue weighted by Crippen LogP contribution is -2.35. The van der Waals surface area contributed by atoms with Crippen molar-refractivity contribution >= 4 is 0 Å². The Morgan fingerprint density at radius 3 is 2.70 bits per heavy atom. The van der Waals surface area contributed by atoms with Crippen LogP contribution in [0, 0.1) is 6.92 Å². The van der Waals surface area contributed by atoms with Crippen LogP contribution in [-0.2, 0) is 12.8 Å². The Balaban J connectivity index is 1.64. The molecule has 3 nitrogen and oxygen atoms in total. The second kappa shape index (κ2) is 6.30. The van der Waals surface area contributed by atoms with Crippen LogP contribution in [0.1, 0.15) is 75.1 Å². The van der Waals surface area contributed by atoms with Crippen LogP contribution in [0.4, 0.5) is 0 Å². The average Bonchev–Trinajstić information content (AvgIpc) is 2.82. The topological polar surface area (TPSA) is 29.9 Å². The van der Waals surface area contributed by atoms with Crippen molar-refractivity contribution in [3.8, 4) is 0 Å². The van der Waals surface area contributed by atoms with Gasteiger partial charge in [-0.25, -0.2) is 4.98 Å². The summed E-state index contributed by atoms with van der Waals surface area (Å²) in [5, 5.41) is 3.80. The maximum Gasteiger partial charge on any atom is 0.106 e. The molecule has 0 aromatic carbocycles. The average molecular weight is 275 g/mol. The van der Waals surface area contributed by atoms with Gasteiger partial charge in [0.25, 0.3) is 0 Å². The van der Waals surface area contributed by atoms with Gasteiger partial charge in [0, 0.05) is 24.3 Å². The van der Waals surface area contributed by atoms with Gasteiger partial charge >= 0.3 is 0 Å². The minimum Gasteiger partial charge on any atom is -0.328 e. The van der Waals surface area contributed by atoms with Crippen LogP contribution in [-0.4, -0.2) is 22.1 Å². The molecule has 1 N–H and O–H groups in total. The Kier molecular flexibility index (Phi) is 4.45. The molecule has 112 valence electrons. The molecule has 3 rings (SSSR count). The summed E-state index contributed by atoms with van der Waals surface area (Å²) < 4.78 is 2.50. The number of hydrogen-bond acceptors (Lipinski definition) is 2. The third kappa shape index (κ3) is 2.93. The molecule has 1 fully saturated rings. The zero-order chi connectivity index (χ0) is 13.9. The van der Waals surface area contributed by atoms with Crippen molar-refractivity contribution in [2.45, 2.75) is 83.7 Å². The molecular weight excluding hydrogens is 246 g/mol. The predicted molar refractivity (Wildman–Crippen MR) is 83.2 cm³/mol. The molecule has 1 aromatic heterocycles. The molecule has 1 atom stereocenters. The highest BCUT2D eigenvalue weighted by Crippen LogP contribution is 2.25. The van der Waals surface area contributed by atoms with Gasteiger partial charge in [0.05, 0.1) is 5.69 Å². The Morgan fingerprint density at radius 1 is 1.15 bits per heavy atom. The van der Waals surface area contributed by atoms with Crippen molar-refractivity contribution in [2.75, 3.05) is 6.54 Å². The van der Waals surface area contributed by atoms with E-state index in [4.69, 9.17) is 4.98 Å². The van der Waals surface area contributed by atoms with Gasteiger partial charge in [-0.2, -0.15) is 0 Å². The number of nitrogens with one attached hydrogen (secondary N) is 1. The van der Waals surface area contributed by atoms with E-state index in [9.17, 15) is 0 Å². The second-order valence-electron chi connectivity index (χ2n) is 6.72. The fraction of sp³-hybridized carbons (Fsp3) is 0.824. The summed E-state index contributed by atoms with van der Waals surface area (Å²) in [5.74, 6) is 1.22. The van der Waals surface area contributed by atoms with E-state index < -0.39 is 0 Å². The fourth-order valence-corrected chi connectivity index (χ4v) is 4.02. The minimum absolute atomic E-state index is 0.534. The SMILES string of the molecule is Cc1nc2c(n1C(C)CNC1CCCCC1)CCCC2. The number of nitrogens with zero attached hydrogens (tertiary/aromatic N) is 2. The van der Waals surface area contributed by atoms with E-state index in [-0.39, 0.29) is 0 Å². The third-order valence-electron chi connectivity index (χ3n) is 5.09. The highest BCUT2D eigenvalue weighted by molar-refractivity contribution is 5.20. The smallest absolute Gasteiger partial charge is 0.106 e. The highest BCUT2D eigenvalue weighted by Gasteiger charge is 2.21. The predicted octanol–water partition coefficient (Wildman–Crippen LogP) is 3.55. The van der Waals surface area contributed by atoms with Gasteiger partial charge in [0.15, 0.2) is 0 Å². The number of aromatic nitrogens is 2. The molecule has 3 heteroatoms. The van der Waals surface area contributed by atoms with Crippen molar-refractivity contribution in [3.63, 3.8) is 0 Å².